The van der Waals surface area contributed by atoms with Crippen molar-refractivity contribution >= 4 is 5.97 Å². The van der Waals surface area contributed by atoms with Crippen molar-refractivity contribution in [1.29, 1.82) is 0 Å². The summed E-state index contributed by atoms with van der Waals surface area (Å²) in [5.41, 5.74) is 0. The zero-order valence-electron chi connectivity index (χ0n) is 6.96. The van der Waals surface area contributed by atoms with Crippen LogP contribution in [0, 0.1) is 0 Å². The largest absolute Gasteiger partial charge is 0.513 e. The second-order valence-electron chi connectivity index (χ2n) is 2.31. The van der Waals surface area contributed by atoms with Crippen molar-refractivity contribution in [2.45, 2.75) is 26.2 Å². The predicted molar refractivity (Wildman–Crippen MR) is 42.3 cm³/mol. The molecular weight excluding hydrogens is 144 g/mol. The fourth-order valence-corrected chi connectivity index (χ4v) is 0.659. The Labute approximate surface area is 66.7 Å². The lowest BCUT2D eigenvalue weighted by atomic mass is 10.2. The minimum atomic E-state index is -0.200. The van der Waals surface area contributed by atoms with Crippen molar-refractivity contribution < 1.29 is 14.6 Å². The lowest BCUT2D eigenvalue weighted by molar-refractivity contribution is -0.140. The number of ether oxygens (including phenoxy) is 1. The number of aliphatic hydroxyl groups is 1. The highest BCUT2D eigenvalue weighted by atomic mass is 16.5. The van der Waals surface area contributed by atoms with Crippen molar-refractivity contribution in [2.24, 2.45) is 0 Å². The number of aliphatic hydroxyl groups excluding tert-OH is 1. The molecule has 0 aromatic rings. The van der Waals surface area contributed by atoms with Gasteiger partial charge in [-0.05, 0) is 25.8 Å². The van der Waals surface area contributed by atoms with Gasteiger partial charge in [0.1, 0.15) is 0 Å². The van der Waals surface area contributed by atoms with Gasteiger partial charge in [0.05, 0.1) is 12.9 Å². The molecule has 11 heavy (non-hydrogen) atoms. The van der Waals surface area contributed by atoms with Gasteiger partial charge in [0.25, 0.3) is 0 Å². The van der Waals surface area contributed by atoms with E-state index in [0.717, 1.165) is 12.8 Å². The molecule has 0 fully saturated rings. The molecule has 0 aliphatic carbocycles. The first kappa shape index (κ1) is 10.0. The number of carbonyl (C=O) groups is 1. The zero-order chi connectivity index (χ0) is 8.69. The maximum absolute atomic E-state index is 10.6. The van der Waals surface area contributed by atoms with Crippen LogP contribution in [0.4, 0.5) is 0 Å². The van der Waals surface area contributed by atoms with E-state index < -0.39 is 0 Å². The van der Waals surface area contributed by atoms with Gasteiger partial charge < -0.3 is 9.84 Å². The van der Waals surface area contributed by atoms with Gasteiger partial charge in [-0.15, -0.1) is 0 Å². The zero-order valence-corrected chi connectivity index (χ0v) is 6.96. The number of methoxy groups -OCH3 is 1. The molecular formula is C8H14O3. The van der Waals surface area contributed by atoms with E-state index in [-0.39, 0.29) is 5.97 Å². The number of allylic oxidation sites excluding steroid dienone is 2. The van der Waals surface area contributed by atoms with Crippen LogP contribution in [-0.4, -0.2) is 18.2 Å². The molecule has 0 aliphatic rings. The summed E-state index contributed by atoms with van der Waals surface area (Å²) in [6.07, 6.45) is 3.55. The Morgan fingerprint density at radius 3 is 2.73 bits per heavy atom. The highest BCUT2D eigenvalue weighted by molar-refractivity contribution is 5.68. The lowest BCUT2D eigenvalue weighted by Crippen LogP contribution is -1.98. The Hall–Kier alpha value is -0.990. The standard InChI is InChI=1S/C8H14O3/c1-7(9)5-3-4-6-8(10)11-2/h5,9H,3-4,6H2,1-2H3/b7-5-. The molecule has 1 N–H and O–H groups in total. The topological polar surface area (TPSA) is 46.5 Å². The first-order valence-electron chi connectivity index (χ1n) is 3.59. The van der Waals surface area contributed by atoms with Gasteiger partial charge >= 0.3 is 5.97 Å². The summed E-state index contributed by atoms with van der Waals surface area (Å²) in [5.74, 6) is 0.101. The molecule has 0 aromatic carbocycles. The number of hydrogen-bond donors (Lipinski definition) is 1. The van der Waals surface area contributed by atoms with Gasteiger partial charge in [0.2, 0.25) is 0 Å². The van der Waals surface area contributed by atoms with Gasteiger partial charge in [-0.3, -0.25) is 4.79 Å². The molecule has 0 amide bonds. The summed E-state index contributed by atoms with van der Waals surface area (Å²) in [6, 6.07) is 0. The Morgan fingerprint density at radius 1 is 1.64 bits per heavy atom. The second-order valence-corrected chi connectivity index (χ2v) is 2.31. The van der Waals surface area contributed by atoms with Crippen molar-refractivity contribution in [3.8, 4) is 0 Å². The van der Waals surface area contributed by atoms with Gasteiger partial charge in [-0.25, -0.2) is 0 Å². The van der Waals surface area contributed by atoms with Crippen LogP contribution in [0.25, 0.3) is 0 Å². The third-order valence-electron chi connectivity index (χ3n) is 1.25. The molecule has 0 atom stereocenters. The molecule has 0 aliphatic heterocycles. The first-order chi connectivity index (χ1) is 5.16. The molecule has 64 valence electrons. The van der Waals surface area contributed by atoms with E-state index in [9.17, 15) is 4.79 Å². The molecule has 0 saturated carbocycles. The Morgan fingerprint density at radius 2 is 2.27 bits per heavy atom. The molecule has 0 rings (SSSR count). The molecule has 0 radical (unpaired) electrons. The monoisotopic (exact) mass is 158 g/mol. The van der Waals surface area contributed by atoms with Crippen molar-refractivity contribution in [2.75, 3.05) is 7.11 Å². The molecule has 0 bridgehead atoms. The summed E-state index contributed by atoms with van der Waals surface area (Å²) < 4.78 is 4.44. The van der Waals surface area contributed by atoms with Crippen LogP contribution in [0.15, 0.2) is 11.8 Å². The Balaban J connectivity index is 3.28. The molecule has 0 unspecified atom stereocenters. The quantitative estimate of drug-likeness (QED) is 0.385. The van der Waals surface area contributed by atoms with E-state index in [1.165, 1.54) is 7.11 Å². The van der Waals surface area contributed by atoms with Gasteiger partial charge in [0.15, 0.2) is 0 Å². The molecule has 0 heterocycles. The highest BCUT2D eigenvalue weighted by Gasteiger charge is 1.97. The van der Waals surface area contributed by atoms with Gasteiger partial charge in [-0.1, -0.05) is 0 Å². The molecule has 3 nitrogen and oxygen atoms in total. The number of esters is 1. The van der Waals surface area contributed by atoms with Crippen LogP contribution in [0.3, 0.4) is 0 Å². The smallest absolute Gasteiger partial charge is 0.305 e. The summed E-state index contributed by atoms with van der Waals surface area (Å²) in [6.45, 7) is 1.61. The van der Waals surface area contributed by atoms with E-state index in [2.05, 4.69) is 4.74 Å². The molecule has 3 heteroatoms. The second kappa shape index (κ2) is 5.77. The number of unbranched alkanes of at least 4 members (excludes halogenated alkanes) is 1. The molecule has 0 aromatic heterocycles. The normalized spacial score (nSPS) is 11.3. The average Bonchev–Trinajstić information content (AvgIpc) is 1.97. The van der Waals surface area contributed by atoms with Crippen molar-refractivity contribution in [3.05, 3.63) is 11.8 Å². The van der Waals surface area contributed by atoms with E-state index in [0.29, 0.717) is 12.2 Å². The van der Waals surface area contributed by atoms with Crippen LogP contribution < -0.4 is 0 Å². The SMILES string of the molecule is COC(=O)CCC/C=C(/C)O. The Kier molecular flexibility index (Phi) is 5.25. The lowest BCUT2D eigenvalue weighted by Gasteiger charge is -1.95. The van der Waals surface area contributed by atoms with Gasteiger partial charge in [-0.2, -0.15) is 0 Å². The fraction of sp³-hybridized carbons (Fsp3) is 0.625. The van der Waals surface area contributed by atoms with Crippen molar-refractivity contribution in [3.63, 3.8) is 0 Å². The summed E-state index contributed by atoms with van der Waals surface area (Å²) >= 11 is 0. The average molecular weight is 158 g/mol. The number of carbonyl (C=O) groups excluding carboxylic acids is 1. The third kappa shape index (κ3) is 6.90. The predicted octanol–water partition coefficient (Wildman–Crippen LogP) is 1.79. The summed E-state index contributed by atoms with van der Waals surface area (Å²) in [7, 11) is 1.37. The first-order valence-corrected chi connectivity index (χ1v) is 3.59. The van der Waals surface area contributed by atoms with Crippen LogP contribution in [0.5, 0.6) is 0 Å². The van der Waals surface area contributed by atoms with E-state index in [4.69, 9.17) is 5.11 Å². The third-order valence-corrected chi connectivity index (χ3v) is 1.25. The van der Waals surface area contributed by atoms with Crippen LogP contribution in [-0.2, 0) is 9.53 Å². The van der Waals surface area contributed by atoms with Crippen molar-refractivity contribution in [1.82, 2.24) is 0 Å². The van der Waals surface area contributed by atoms with Crippen LogP contribution in [0.2, 0.25) is 0 Å². The van der Waals surface area contributed by atoms with E-state index in [1.54, 1.807) is 13.0 Å². The van der Waals surface area contributed by atoms with Gasteiger partial charge in [0, 0.05) is 6.42 Å². The fourth-order valence-electron chi connectivity index (χ4n) is 0.659. The van der Waals surface area contributed by atoms with E-state index >= 15 is 0 Å². The highest BCUT2D eigenvalue weighted by Crippen LogP contribution is 1.99. The Bertz CT molecular complexity index is 145. The number of hydrogen-bond acceptors (Lipinski definition) is 3. The maximum Gasteiger partial charge on any atom is 0.305 e. The minimum Gasteiger partial charge on any atom is -0.513 e. The molecule has 0 saturated heterocycles. The summed E-state index contributed by atoms with van der Waals surface area (Å²) in [5, 5.41) is 8.72. The van der Waals surface area contributed by atoms with E-state index in [1.807, 2.05) is 0 Å². The van der Waals surface area contributed by atoms with Crippen LogP contribution >= 0.6 is 0 Å². The van der Waals surface area contributed by atoms with Crippen LogP contribution in [0.1, 0.15) is 26.2 Å². The molecule has 0 spiro atoms. The minimum absolute atomic E-state index is 0.200. The summed E-state index contributed by atoms with van der Waals surface area (Å²) in [4.78, 5) is 10.6. The number of rotatable bonds is 4. The maximum atomic E-state index is 10.6.